The van der Waals surface area contributed by atoms with E-state index in [4.69, 9.17) is 30.5 Å². The normalized spacial score (nSPS) is 34.3. The molecule has 0 aromatic heterocycles. The molecule has 6 unspecified atom stereocenters. The molecule has 6 heteroatoms. The molecule has 3 rings (SSSR count). The average Bonchev–Trinajstić information content (AvgIpc) is 2.68. The van der Waals surface area contributed by atoms with Crippen molar-refractivity contribution in [1.29, 1.82) is 0 Å². The predicted octanol–water partition coefficient (Wildman–Crippen LogP) is 3.12. The lowest BCUT2D eigenvalue weighted by atomic mass is 9.95. The Kier molecular flexibility index (Phi) is 6.86. The number of hydrogen-bond acceptors (Lipinski definition) is 5. The number of rotatable bonds is 7. The lowest BCUT2D eigenvalue weighted by Crippen LogP contribution is -2.65. The van der Waals surface area contributed by atoms with Crippen LogP contribution in [0.2, 0.25) is 0 Å². The van der Waals surface area contributed by atoms with Crippen molar-refractivity contribution in [1.82, 2.24) is 4.90 Å². The molecular formula is C20H26ClNO4. The molecule has 0 aliphatic carbocycles. The topological polar surface area (TPSA) is 40.2 Å². The van der Waals surface area contributed by atoms with Crippen molar-refractivity contribution in [3.05, 3.63) is 61.2 Å². The van der Waals surface area contributed by atoms with E-state index in [0.717, 1.165) is 5.56 Å². The molecule has 2 saturated heterocycles. The Morgan fingerprint density at radius 2 is 1.88 bits per heavy atom. The van der Waals surface area contributed by atoms with Crippen molar-refractivity contribution in [2.45, 2.75) is 36.2 Å². The molecule has 2 aliphatic heterocycles. The Labute approximate surface area is 160 Å². The number of benzene rings is 1. The number of halogens is 1. The van der Waals surface area contributed by atoms with Gasteiger partial charge in [0.1, 0.15) is 17.6 Å². The van der Waals surface area contributed by atoms with Crippen molar-refractivity contribution in [3.8, 4) is 0 Å². The molecule has 5 nitrogen and oxygen atoms in total. The summed E-state index contributed by atoms with van der Waals surface area (Å²) in [7, 11) is 1.60. The van der Waals surface area contributed by atoms with E-state index in [1.54, 1.807) is 7.11 Å². The van der Waals surface area contributed by atoms with Crippen molar-refractivity contribution < 1.29 is 18.9 Å². The van der Waals surface area contributed by atoms with Crippen molar-refractivity contribution in [2.24, 2.45) is 0 Å². The minimum Gasteiger partial charge on any atom is -0.354 e. The third kappa shape index (κ3) is 4.03. The number of alkyl halides is 1. The van der Waals surface area contributed by atoms with Crippen LogP contribution in [0.15, 0.2) is 55.6 Å². The lowest BCUT2D eigenvalue weighted by Gasteiger charge is -2.50. The molecule has 6 atom stereocenters. The fraction of sp³-hybridized carbons (Fsp3) is 0.500. The standard InChI is InChI=1S/C20H26ClNO4/c1-4-11-22(12-5-2)17-16(21)20(23-3)25-15-13-24-19(26-18(15)17)14-9-7-6-8-10-14/h4-10,15-20H,1-2,11-13H2,3H3. The summed E-state index contributed by atoms with van der Waals surface area (Å²) < 4.78 is 23.7. The fourth-order valence-electron chi connectivity index (χ4n) is 3.58. The fourth-order valence-corrected chi connectivity index (χ4v) is 4.05. The van der Waals surface area contributed by atoms with E-state index in [1.807, 2.05) is 42.5 Å². The quantitative estimate of drug-likeness (QED) is 0.537. The Hall–Kier alpha value is -1.21. The van der Waals surface area contributed by atoms with Crippen LogP contribution in [0.3, 0.4) is 0 Å². The Morgan fingerprint density at radius 1 is 1.19 bits per heavy atom. The first kappa shape index (κ1) is 19.5. The van der Waals surface area contributed by atoms with E-state index in [1.165, 1.54) is 0 Å². The van der Waals surface area contributed by atoms with E-state index < -0.39 is 18.0 Å². The second-order valence-electron chi connectivity index (χ2n) is 6.42. The van der Waals surface area contributed by atoms with Gasteiger partial charge in [0.15, 0.2) is 12.6 Å². The molecule has 1 aromatic rings. The number of methoxy groups -OCH3 is 1. The summed E-state index contributed by atoms with van der Waals surface area (Å²) in [4.78, 5) is 2.19. The van der Waals surface area contributed by atoms with E-state index in [2.05, 4.69) is 18.1 Å². The molecule has 26 heavy (non-hydrogen) atoms. The predicted molar refractivity (Wildman–Crippen MR) is 101 cm³/mol. The second kappa shape index (κ2) is 9.13. The van der Waals surface area contributed by atoms with Crippen LogP contribution in [-0.4, -0.2) is 61.6 Å². The van der Waals surface area contributed by atoms with Gasteiger partial charge in [0.2, 0.25) is 0 Å². The van der Waals surface area contributed by atoms with Crippen molar-refractivity contribution >= 4 is 11.6 Å². The monoisotopic (exact) mass is 379 g/mol. The van der Waals surface area contributed by atoms with Crippen LogP contribution in [-0.2, 0) is 18.9 Å². The van der Waals surface area contributed by atoms with Gasteiger partial charge >= 0.3 is 0 Å². The first-order chi connectivity index (χ1) is 12.7. The molecular weight excluding hydrogens is 354 g/mol. The SMILES string of the molecule is C=CCN(CC=C)C1C(Cl)C(OC)OC2COC(c3ccccc3)OC21. The third-order valence-electron chi connectivity index (χ3n) is 4.74. The summed E-state index contributed by atoms with van der Waals surface area (Å²) >= 11 is 6.75. The third-order valence-corrected chi connectivity index (χ3v) is 5.21. The van der Waals surface area contributed by atoms with Gasteiger partial charge in [0, 0.05) is 25.8 Å². The molecule has 1 aromatic carbocycles. The van der Waals surface area contributed by atoms with Gasteiger partial charge in [0.05, 0.1) is 12.6 Å². The van der Waals surface area contributed by atoms with Crippen LogP contribution < -0.4 is 0 Å². The zero-order chi connectivity index (χ0) is 18.5. The molecule has 2 aliphatic rings. The minimum atomic E-state index is -0.527. The zero-order valence-electron chi connectivity index (χ0n) is 15.0. The Balaban J connectivity index is 1.87. The van der Waals surface area contributed by atoms with Gasteiger partial charge in [-0.2, -0.15) is 0 Å². The zero-order valence-corrected chi connectivity index (χ0v) is 15.8. The number of ether oxygens (including phenoxy) is 4. The van der Waals surface area contributed by atoms with E-state index in [9.17, 15) is 0 Å². The summed E-state index contributed by atoms with van der Waals surface area (Å²) in [5.41, 5.74) is 0.976. The van der Waals surface area contributed by atoms with Crippen LogP contribution in [0.1, 0.15) is 11.9 Å². The maximum atomic E-state index is 6.75. The first-order valence-corrected chi connectivity index (χ1v) is 9.23. The molecule has 0 radical (unpaired) electrons. The van der Waals surface area contributed by atoms with Gasteiger partial charge in [0.25, 0.3) is 0 Å². The molecule has 2 fully saturated rings. The van der Waals surface area contributed by atoms with Gasteiger partial charge in [-0.05, 0) is 0 Å². The van der Waals surface area contributed by atoms with Crippen LogP contribution >= 0.6 is 11.6 Å². The van der Waals surface area contributed by atoms with E-state index in [-0.39, 0.29) is 18.2 Å². The molecule has 0 spiro atoms. The van der Waals surface area contributed by atoms with E-state index in [0.29, 0.717) is 19.7 Å². The van der Waals surface area contributed by atoms with E-state index >= 15 is 0 Å². The van der Waals surface area contributed by atoms with Gasteiger partial charge < -0.3 is 18.9 Å². The van der Waals surface area contributed by atoms with Crippen LogP contribution in [0.4, 0.5) is 0 Å². The summed E-state index contributed by atoms with van der Waals surface area (Å²) in [5.74, 6) is 0. The molecule has 2 heterocycles. The molecule has 0 N–H and O–H groups in total. The highest BCUT2D eigenvalue weighted by Gasteiger charge is 2.51. The molecule has 0 amide bonds. The molecule has 0 saturated carbocycles. The van der Waals surface area contributed by atoms with Gasteiger partial charge in [-0.25, -0.2) is 0 Å². The average molecular weight is 380 g/mol. The molecule has 0 bridgehead atoms. The smallest absolute Gasteiger partial charge is 0.184 e. The first-order valence-electron chi connectivity index (χ1n) is 8.79. The van der Waals surface area contributed by atoms with Crippen LogP contribution in [0.5, 0.6) is 0 Å². The van der Waals surface area contributed by atoms with Gasteiger partial charge in [-0.3, -0.25) is 4.90 Å². The van der Waals surface area contributed by atoms with Crippen molar-refractivity contribution in [2.75, 3.05) is 26.8 Å². The van der Waals surface area contributed by atoms with Gasteiger partial charge in [-0.15, -0.1) is 24.8 Å². The molecule has 142 valence electrons. The summed E-state index contributed by atoms with van der Waals surface area (Å²) in [6.07, 6.45) is 2.24. The van der Waals surface area contributed by atoms with Crippen LogP contribution in [0, 0.1) is 0 Å². The Morgan fingerprint density at radius 3 is 2.50 bits per heavy atom. The highest BCUT2D eigenvalue weighted by molar-refractivity contribution is 6.21. The Bertz CT molecular complexity index is 589. The maximum absolute atomic E-state index is 6.75. The van der Waals surface area contributed by atoms with Gasteiger partial charge in [-0.1, -0.05) is 42.5 Å². The summed E-state index contributed by atoms with van der Waals surface area (Å²) in [5, 5.41) is -0.393. The largest absolute Gasteiger partial charge is 0.354 e. The lowest BCUT2D eigenvalue weighted by molar-refractivity contribution is -0.325. The highest BCUT2D eigenvalue weighted by atomic mass is 35.5. The second-order valence-corrected chi connectivity index (χ2v) is 6.93. The van der Waals surface area contributed by atoms with Crippen LogP contribution in [0.25, 0.3) is 0 Å². The minimum absolute atomic E-state index is 0.119. The summed E-state index contributed by atoms with van der Waals surface area (Å²) in [6.45, 7) is 9.47. The highest BCUT2D eigenvalue weighted by Crippen LogP contribution is 2.37. The number of fused-ring (bicyclic) bond motifs is 1. The van der Waals surface area contributed by atoms with Crippen molar-refractivity contribution in [3.63, 3.8) is 0 Å². The summed E-state index contributed by atoms with van der Waals surface area (Å²) in [6, 6.07) is 9.77. The number of nitrogens with zero attached hydrogens (tertiary/aromatic N) is 1. The number of hydrogen-bond donors (Lipinski definition) is 0. The maximum Gasteiger partial charge on any atom is 0.184 e.